The van der Waals surface area contributed by atoms with Crippen molar-refractivity contribution in [2.75, 3.05) is 40.4 Å². The molecule has 1 saturated heterocycles. The molecule has 1 unspecified atom stereocenters. The zero-order chi connectivity index (χ0) is 13.7. The molecule has 0 aliphatic carbocycles. The lowest BCUT2D eigenvalue weighted by atomic mass is 10.2. The fourth-order valence-corrected chi connectivity index (χ4v) is 2.17. The number of nitrogens with zero attached hydrogens (tertiary/aromatic N) is 1. The van der Waals surface area contributed by atoms with Gasteiger partial charge in [-0.15, -0.1) is 0 Å². The molecular formula is C14H21FN2O2. The highest BCUT2D eigenvalue weighted by atomic mass is 19.1. The van der Waals surface area contributed by atoms with Crippen molar-refractivity contribution >= 4 is 0 Å². The van der Waals surface area contributed by atoms with Gasteiger partial charge in [0, 0.05) is 25.2 Å². The van der Waals surface area contributed by atoms with E-state index < -0.39 is 0 Å². The highest BCUT2D eigenvalue weighted by molar-refractivity contribution is 5.33. The second-order valence-electron chi connectivity index (χ2n) is 4.85. The van der Waals surface area contributed by atoms with Gasteiger partial charge in [0.15, 0.2) is 0 Å². The van der Waals surface area contributed by atoms with Gasteiger partial charge in [-0.25, -0.2) is 4.39 Å². The molecule has 5 heteroatoms. The lowest BCUT2D eigenvalue weighted by Crippen LogP contribution is -2.42. The van der Waals surface area contributed by atoms with Gasteiger partial charge in [-0.1, -0.05) is 0 Å². The van der Waals surface area contributed by atoms with E-state index in [9.17, 15) is 4.39 Å². The van der Waals surface area contributed by atoms with E-state index in [1.807, 2.05) is 7.05 Å². The van der Waals surface area contributed by atoms with Crippen molar-refractivity contribution in [2.24, 2.45) is 0 Å². The predicted molar refractivity (Wildman–Crippen MR) is 71.9 cm³/mol. The number of halogens is 1. The fraction of sp³-hybridized carbons (Fsp3) is 0.571. The maximum absolute atomic E-state index is 13.2. The van der Waals surface area contributed by atoms with E-state index in [1.165, 1.54) is 12.1 Å². The van der Waals surface area contributed by atoms with Crippen molar-refractivity contribution in [1.82, 2.24) is 10.2 Å². The molecule has 0 saturated carbocycles. The molecule has 1 fully saturated rings. The summed E-state index contributed by atoms with van der Waals surface area (Å²) in [6, 6.07) is 4.59. The highest BCUT2D eigenvalue weighted by Gasteiger charge is 2.18. The standard InChI is InChI=1S/C14H21FN2O2/c1-16-8-11-7-12(15)3-4-14(11)19-10-13-9-17(2)5-6-18-13/h3-4,7,13,16H,5-6,8-10H2,1-2H3. The largest absolute Gasteiger partial charge is 0.490 e. The van der Waals surface area contributed by atoms with Crippen molar-refractivity contribution in [3.8, 4) is 5.75 Å². The minimum absolute atomic E-state index is 0.0752. The first-order valence-electron chi connectivity index (χ1n) is 6.55. The summed E-state index contributed by atoms with van der Waals surface area (Å²) >= 11 is 0. The van der Waals surface area contributed by atoms with Crippen LogP contribution in [0.2, 0.25) is 0 Å². The van der Waals surface area contributed by atoms with Crippen LogP contribution in [0.3, 0.4) is 0 Å². The first-order chi connectivity index (χ1) is 9.19. The van der Waals surface area contributed by atoms with Gasteiger partial charge in [0.05, 0.1) is 6.61 Å². The molecule has 1 atom stereocenters. The molecule has 1 aromatic carbocycles. The molecule has 4 nitrogen and oxygen atoms in total. The third-order valence-corrected chi connectivity index (χ3v) is 3.16. The maximum Gasteiger partial charge on any atom is 0.124 e. The van der Waals surface area contributed by atoms with E-state index in [-0.39, 0.29) is 11.9 Å². The number of hydrogen-bond donors (Lipinski definition) is 1. The Labute approximate surface area is 113 Å². The van der Waals surface area contributed by atoms with Gasteiger partial charge in [0.25, 0.3) is 0 Å². The number of benzene rings is 1. The Hall–Kier alpha value is -1.17. The summed E-state index contributed by atoms with van der Waals surface area (Å²) in [4.78, 5) is 2.22. The summed E-state index contributed by atoms with van der Waals surface area (Å²) in [6.45, 7) is 3.63. The minimum atomic E-state index is -0.244. The van der Waals surface area contributed by atoms with Crippen molar-refractivity contribution in [3.63, 3.8) is 0 Å². The predicted octanol–water partition coefficient (Wildman–Crippen LogP) is 1.25. The number of likely N-dealkylation sites (N-methyl/N-ethyl adjacent to an activating group) is 1. The smallest absolute Gasteiger partial charge is 0.124 e. The monoisotopic (exact) mass is 268 g/mol. The quantitative estimate of drug-likeness (QED) is 0.871. The molecule has 0 bridgehead atoms. The Morgan fingerprint density at radius 3 is 3.11 bits per heavy atom. The topological polar surface area (TPSA) is 33.7 Å². The van der Waals surface area contributed by atoms with Crippen molar-refractivity contribution in [1.29, 1.82) is 0 Å². The number of ether oxygens (including phenoxy) is 2. The van der Waals surface area contributed by atoms with Crippen molar-refractivity contribution in [3.05, 3.63) is 29.6 Å². The summed E-state index contributed by atoms with van der Waals surface area (Å²) in [7, 11) is 3.90. The Morgan fingerprint density at radius 2 is 2.37 bits per heavy atom. The average Bonchev–Trinajstić information content (AvgIpc) is 2.38. The SMILES string of the molecule is CNCc1cc(F)ccc1OCC1CN(C)CCO1. The van der Waals surface area contributed by atoms with Gasteiger partial charge in [0.2, 0.25) is 0 Å². The van der Waals surface area contributed by atoms with Gasteiger partial charge in [-0.2, -0.15) is 0 Å². The van der Waals surface area contributed by atoms with Crippen LogP contribution in [0.4, 0.5) is 4.39 Å². The summed E-state index contributed by atoms with van der Waals surface area (Å²) in [5, 5.41) is 3.01. The van der Waals surface area contributed by atoms with Crippen LogP contribution in [0.5, 0.6) is 5.75 Å². The van der Waals surface area contributed by atoms with Crippen LogP contribution in [-0.2, 0) is 11.3 Å². The van der Waals surface area contributed by atoms with Crippen LogP contribution < -0.4 is 10.1 Å². The molecule has 0 aromatic heterocycles. The normalized spacial score (nSPS) is 20.5. The first kappa shape index (κ1) is 14.2. The summed E-state index contributed by atoms with van der Waals surface area (Å²) < 4.78 is 24.6. The molecule has 2 rings (SSSR count). The third-order valence-electron chi connectivity index (χ3n) is 3.16. The van der Waals surface area contributed by atoms with Crippen LogP contribution in [0.25, 0.3) is 0 Å². The Balaban J connectivity index is 1.94. The molecule has 1 heterocycles. The molecule has 1 aromatic rings. The molecular weight excluding hydrogens is 247 g/mol. The fourth-order valence-electron chi connectivity index (χ4n) is 2.17. The van der Waals surface area contributed by atoms with Gasteiger partial charge in [-0.3, -0.25) is 0 Å². The minimum Gasteiger partial charge on any atom is -0.490 e. The van der Waals surface area contributed by atoms with Crippen LogP contribution in [-0.4, -0.2) is 51.4 Å². The summed E-state index contributed by atoms with van der Waals surface area (Å²) in [6.07, 6.45) is 0.0752. The molecule has 0 spiro atoms. The Kier molecular flexibility index (Phi) is 5.13. The third kappa shape index (κ3) is 4.16. The number of nitrogens with one attached hydrogen (secondary N) is 1. The molecule has 19 heavy (non-hydrogen) atoms. The number of morpholine rings is 1. The second-order valence-corrected chi connectivity index (χ2v) is 4.85. The second kappa shape index (κ2) is 6.84. The van der Waals surface area contributed by atoms with E-state index in [4.69, 9.17) is 9.47 Å². The zero-order valence-electron chi connectivity index (χ0n) is 11.5. The summed E-state index contributed by atoms with van der Waals surface area (Å²) in [5.41, 5.74) is 0.826. The molecule has 106 valence electrons. The summed E-state index contributed by atoms with van der Waals surface area (Å²) in [5.74, 6) is 0.471. The van der Waals surface area contributed by atoms with E-state index in [0.717, 1.165) is 25.3 Å². The van der Waals surface area contributed by atoms with Crippen LogP contribution >= 0.6 is 0 Å². The van der Waals surface area contributed by atoms with Gasteiger partial charge < -0.3 is 19.7 Å². The molecule has 0 radical (unpaired) electrons. The zero-order valence-corrected chi connectivity index (χ0v) is 11.5. The van der Waals surface area contributed by atoms with Crippen molar-refractivity contribution < 1.29 is 13.9 Å². The van der Waals surface area contributed by atoms with E-state index in [1.54, 1.807) is 6.07 Å². The lowest BCUT2D eigenvalue weighted by Gasteiger charge is -2.30. The highest BCUT2D eigenvalue weighted by Crippen LogP contribution is 2.20. The molecule has 1 aliphatic heterocycles. The molecule has 1 aliphatic rings. The first-order valence-corrected chi connectivity index (χ1v) is 6.55. The van der Waals surface area contributed by atoms with Gasteiger partial charge in [0.1, 0.15) is 24.3 Å². The van der Waals surface area contributed by atoms with Crippen molar-refractivity contribution in [2.45, 2.75) is 12.6 Å². The number of rotatable bonds is 5. The van der Waals surface area contributed by atoms with Crippen LogP contribution in [0.15, 0.2) is 18.2 Å². The van der Waals surface area contributed by atoms with E-state index >= 15 is 0 Å². The van der Waals surface area contributed by atoms with Gasteiger partial charge >= 0.3 is 0 Å². The molecule has 1 N–H and O–H groups in total. The van der Waals surface area contributed by atoms with Gasteiger partial charge in [-0.05, 0) is 32.3 Å². The Bertz CT molecular complexity index is 414. The molecule has 0 amide bonds. The van der Waals surface area contributed by atoms with Crippen LogP contribution in [0.1, 0.15) is 5.56 Å². The van der Waals surface area contributed by atoms with E-state index in [2.05, 4.69) is 17.3 Å². The average molecular weight is 268 g/mol. The Morgan fingerprint density at radius 1 is 1.53 bits per heavy atom. The van der Waals surface area contributed by atoms with E-state index in [0.29, 0.717) is 18.9 Å². The lowest BCUT2D eigenvalue weighted by molar-refractivity contribution is -0.0404. The maximum atomic E-state index is 13.2. The number of hydrogen-bond acceptors (Lipinski definition) is 4. The van der Waals surface area contributed by atoms with Crippen LogP contribution in [0, 0.1) is 5.82 Å².